The van der Waals surface area contributed by atoms with Crippen LogP contribution in [0.4, 0.5) is 0 Å². The van der Waals surface area contributed by atoms with Crippen LogP contribution in [0.5, 0.6) is 0 Å². The average molecular weight is 1220 g/mol. The monoisotopic (exact) mass is 1220 g/mol. The second-order valence-corrected chi connectivity index (χ2v) is 32.0. The molecule has 4 rings (SSSR count). The molecule has 0 fully saturated rings. The van der Waals surface area contributed by atoms with Crippen molar-refractivity contribution in [1.82, 2.24) is 39.9 Å². The number of imidazole rings is 4. The van der Waals surface area contributed by atoms with Gasteiger partial charge in [0.05, 0.1) is 0 Å². The Hall–Kier alpha value is -0.0171. The smallest absolute Gasteiger partial charge is 0.442 e. The standard InChI is InChI=1S/4C15H27N2.2Ba/c4*1-13(2,3)10-11(14(4,5)6)17-12(16-10)15(7,8)9;;/h4*1-9H3;;/q4*-1;2*+2. The Kier molecular flexibility index (Phi) is 24.4. The van der Waals surface area contributed by atoms with Gasteiger partial charge < -0.3 is 39.9 Å². The maximum Gasteiger partial charge on any atom is 2.00 e. The fourth-order valence-electron chi connectivity index (χ4n) is 6.90. The van der Waals surface area contributed by atoms with E-state index >= 15 is 0 Å². The number of nitrogens with zero attached hydrogens (tertiary/aromatic N) is 8. The van der Waals surface area contributed by atoms with E-state index in [1.165, 1.54) is 0 Å². The zero-order chi connectivity index (χ0) is 54.6. The van der Waals surface area contributed by atoms with Crippen molar-refractivity contribution in [3.63, 3.8) is 0 Å². The Morgan fingerprint density at radius 3 is 0.357 bits per heavy atom. The Morgan fingerprint density at radius 1 is 0.186 bits per heavy atom. The van der Waals surface area contributed by atoms with Gasteiger partial charge in [-0.05, 0) is 65.0 Å². The van der Waals surface area contributed by atoms with Crippen LogP contribution < -0.4 is 19.9 Å². The van der Waals surface area contributed by atoms with Crippen molar-refractivity contribution in [3.8, 4) is 0 Å². The van der Waals surface area contributed by atoms with Crippen LogP contribution in [0.1, 0.15) is 318 Å². The molecule has 0 aromatic carbocycles. The average Bonchev–Trinajstić information content (AvgIpc) is 3.85. The molecule has 4 heterocycles. The maximum absolute atomic E-state index is 4.81. The van der Waals surface area contributed by atoms with Crippen LogP contribution in [0.3, 0.4) is 0 Å². The van der Waals surface area contributed by atoms with E-state index < -0.39 is 0 Å². The summed E-state index contributed by atoms with van der Waals surface area (Å²) in [6, 6.07) is 0. The second kappa shape index (κ2) is 23.7. The Labute approximate surface area is 514 Å². The van der Waals surface area contributed by atoms with Crippen LogP contribution in [-0.4, -0.2) is 118 Å². The molecule has 0 amide bonds. The van der Waals surface area contributed by atoms with Gasteiger partial charge >= 0.3 is 97.8 Å². The number of rotatable bonds is 0. The van der Waals surface area contributed by atoms with E-state index in [1.807, 2.05) is 0 Å². The Balaban J connectivity index is 0. The molecule has 0 N–H and O–H groups in total. The van der Waals surface area contributed by atoms with Gasteiger partial charge in [-0.2, -0.15) is 0 Å². The molecule has 8 nitrogen and oxygen atoms in total. The van der Waals surface area contributed by atoms with E-state index in [-0.39, 0.29) is 163 Å². The zero-order valence-corrected chi connectivity index (χ0v) is 61.9. The molecule has 0 spiro atoms. The van der Waals surface area contributed by atoms with Crippen molar-refractivity contribution >= 4 is 97.8 Å². The minimum atomic E-state index is 0. The number of hydrogen-bond donors (Lipinski definition) is 0. The molecule has 0 atom stereocenters. The third-order valence-electron chi connectivity index (χ3n) is 11.0. The van der Waals surface area contributed by atoms with Gasteiger partial charge in [0.1, 0.15) is 0 Å². The maximum atomic E-state index is 4.81. The summed E-state index contributed by atoms with van der Waals surface area (Å²) in [6.07, 6.45) is 0. The molecule has 0 saturated carbocycles. The zero-order valence-electron chi connectivity index (χ0n) is 53.0. The van der Waals surface area contributed by atoms with Gasteiger partial charge in [0, 0.05) is 0 Å². The number of aromatic nitrogens is 8. The predicted octanol–water partition coefficient (Wildman–Crippen LogP) is 15.0. The molecule has 0 aliphatic heterocycles. The molecule has 0 aliphatic carbocycles. The SMILES string of the molecule is CC(C)(C)c1nc(C(C)(C)C)c(C(C)(C)C)[n-]1.CC(C)(C)c1nc(C(C)(C)C)c(C(C)(C)C)[n-]1.CC(C)(C)c1nc(C(C)(C)C)c(C(C)(C)C)[n-]1.CC(C)(C)c1nc(C(C)(C)C)c(C(C)(C)C)[n-]1.[Ba+2].[Ba+2]. The molecule has 10 heteroatoms. The second-order valence-electron chi connectivity index (χ2n) is 32.0. The third kappa shape index (κ3) is 21.2. The quantitative estimate of drug-likeness (QED) is 0.160. The van der Waals surface area contributed by atoms with Crippen molar-refractivity contribution in [2.24, 2.45) is 0 Å². The Bertz CT molecular complexity index is 1780. The van der Waals surface area contributed by atoms with E-state index in [2.05, 4.69) is 249 Å². The van der Waals surface area contributed by atoms with Crippen molar-refractivity contribution in [3.05, 3.63) is 68.8 Å². The van der Waals surface area contributed by atoms with Gasteiger partial charge in [-0.15, -0.1) is 0 Å². The summed E-state index contributed by atoms with van der Waals surface area (Å²) in [5.74, 6) is 3.86. The summed E-state index contributed by atoms with van der Waals surface area (Å²) >= 11 is 0. The van der Waals surface area contributed by atoms with Crippen LogP contribution in [-0.2, 0) is 65.0 Å². The van der Waals surface area contributed by atoms with E-state index in [9.17, 15) is 0 Å². The molecular formula is C60H108Ba2N8. The van der Waals surface area contributed by atoms with Crippen molar-refractivity contribution in [2.75, 3.05) is 0 Å². The first kappa shape index (κ1) is 72.1. The van der Waals surface area contributed by atoms with Gasteiger partial charge in [0.15, 0.2) is 0 Å². The van der Waals surface area contributed by atoms with Gasteiger partial charge in [0.2, 0.25) is 0 Å². The minimum absolute atomic E-state index is 0. The first-order chi connectivity index (χ1) is 29.3. The summed E-state index contributed by atoms with van der Waals surface area (Å²) in [7, 11) is 0. The fourth-order valence-corrected chi connectivity index (χ4v) is 6.90. The Morgan fingerprint density at radius 2 is 0.300 bits per heavy atom. The molecular weight excluding hydrogens is 1110 g/mol. The van der Waals surface area contributed by atoms with Crippen LogP contribution >= 0.6 is 0 Å². The van der Waals surface area contributed by atoms with Crippen LogP contribution in [0.25, 0.3) is 0 Å². The van der Waals surface area contributed by atoms with Crippen molar-refractivity contribution in [2.45, 2.75) is 314 Å². The van der Waals surface area contributed by atoms with Crippen LogP contribution in [0.15, 0.2) is 0 Å². The molecule has 392 valence electrons. The molecule has 4 aromatic rings. The minimum Gasteiger partial charge on any atom is -0.442 e. The summed E-state index contributed by atoms with van der Waals surface area (Å²) in [5.41, 5.74) is 9.69. The van der Waals surface area contributed by atoms with Gasteiger partial charge in [-0.1, -0.05) is 318 Å². The van der Waals surface area contributed by atoms with E-state index in [1.54, 1.807) is 0 Å². The third-order valence-corrected chi connectivity index (χ3v) is 11.0. The van der Waals surface area contributed by atoms with E-state index in [4.69, 9.17) is 39.9 Å². The molecule has 70 heavy (non-hydrogen) atoms. The topological polar surface area (TPSA) is 108 Å². The van der Waals surface area contributed by atoms with Crippen molar-refractivity contribution in [1.29, 1.82) is 0 Å². The number of hydrogen-bond acceptors (Lipinski definition) is 4. The molecule has 0 saturated heterocycles. The van der Waals surface area contributed by atoms with E-state index in [0.29, 0.717) is 0 Å². The summed E-state index contributed by atoms with van der Waals surface area (Å²) < 4.78 is 0. The summed E-state index contributed by atoms with van der Waals surface area (Å²) in [6.45, 7) is 79.0. The fraction of sp³-hybridized carbons (Fsp3) is 0.800. The van der Waals surface area contributed by atoms with Crippen molar-refractivity contribution < 1.29 is 0 Å². The molecule has 4 aromatic heterocycles. The van der Waals surface area contributed by atoms with Crippen LogP contribution in [0, 0.1) is 0 Å². The first-order valence-corrected chi connectivity index (χ1v) is 25.6. The predicted molar refractivity (Wildman–Crippen MR) is 306 cm³/mol. The molecule has 0 unspecified atom stereocenters. The van der Waals surface area contributed by atoms with E-state index in [0.717, 1.165) is 68.8 Å². The first-order valence-electron chi connectivity index (χ1n) is 25.6. The molecule has 0 aliphatic rings. The van der Waals surface area contributed by atoms with Crippen LogP contribution in [0.2, 0.25) is 0 Å². The van der Waals surface area contributed by atoms with Gasteiger partial charge in [-0.3, -0.25) is 0 Å². The summed E-state index contributed by atoms with van der Waals surface area (Å²) in [5, 5.41) is 0. The summed E-state index contributed by atoms with van der Waals surface area (Å²) in [4.78, 5) is 38.5. The molecule has 0 bridgehead atoms. The van der Waals surface area contributed by atoms with Gasteiger partial charge in [-0.25, -0.2) is 0 Å². The normalized spacial score (nSPS) is 13.8. The molecule has 0 radical (unpaired) electrons. The largest absolute Gasteiger partial charge is 2.00 e. The van der Waals surface area contributed by atoms with Gasteiger partial charge in [0.25, 0.3) is 0 Å².